The van der Waals surface area contributed by atoms with E-state index in [1.54, 1.807) is 16.7 Å². The fraction of sp³-hybridized carbons (Fsp3) is 0.281. The van der Waals surface area contributed by atoms with Crippen molar-refractivity contribution in [3.8, 4) is 0 Å². The quantitative estimate of drug-likeness (QED) is 0.300. The maximum atomic E-state index is 14.0. The number of carbonyl (C=O) groups excluding carboxylic acids is 3. The Morgan fingerprint density at radius 2 is 1.80 bits per heavy atom. The summed E-state index contributed by atoms with van der Waals surface area (Å²) in [7, 11) is 0. The third-order valence-corrected chi connectivity index (χ3v) is 8.63. The van der Waals surface area contributed by atoms with E-state index in [9.17, 15) is 14.4 Å². The van der Waals surface area contributed by atoms with E-state index in [2.05, 4.69) is 21.7 Å². The predicted octanol–water partition coefficient (Wildman–Crippen LogP) is 4.50. The molecule has 204 valence electrons. The molecule has 3 atom stereocenters. The second kappa shape index (κ2) is 10.8. The molecule has 0 aliphatic carbocycles. The average Bonchev–Trinajstić information content (AvgIpc) is 3.49. The minimum absolute atomic E-state index is 0.158. The van der Waals surface area contributed by atoms with Gasteiger partial charge in [-0.25, -0.2) is 0 Å². The maximum absolute atomic E-state index is 14.0. The van der Waals surface area contributed by atoms with Crippen LogP contribution in [0, 0.1) is 6.92 Å². The Labute approximate surface area is 237 Å². The number of hydrogen-bond acceptors (Lipinski definition) is 4. The van der Waals surface area contributed by atoms with E-state index < -0.39 is 12.1 Å². The lowest BCUT2D eigenvalue weighted by Gasteiger charge is -2.37. The number of benzene rings is 3. The summed E-state index contributed by atoms with van der Waals surface area (Å²) in [6, 6.07) is 21.8. The monoisotopic (exact) mass is 552 g/mol. The molecular formula is C32H32N4O3S. The van der Waals surface area contributed by atoms with Gasteiger partial charge in [-0.2, -0.15) is 11.8 Å². The SMILES string of the molecule is CSCC[C@H](NC(=O)[C@@H]1Cc2c([nH]c3ccccc23)[C@H]2c3ccccc3C(=O)N21)C(=O)NCc1ccc(C)cc1. The summed E-state index contributed by atoms with van der Waals surface area (Å²) in [5.41, 5.74) is 6.65. The van der Waals surface area contributed by atoms with Gasteiger partial charge in [-0.15, -0.1) is 0 Å². The number of rotatable bonds is 8. The van der Waals surface area contributed by atoms with Crippen LogP contribution in [0.5, 0.6) is 0 Å². The van der Waals surface area contributed by atoms with Crippen molar-refractivity contribution in [2.24, 2.45) is 0 Å². The van der Waals surface area contributed by atoms with Crippen LogP contribution < -0.4 is 10.6 Å². The first kappa shape index (κ1) is 26.2. The van der Waals surface area contributed by atoms with Crippen molar-refractivity contribution in [2.75, 3.05) is 12.0 Å². The molecule has 3 heterocycles. The Balaban J connectivity index is 1.29. The third-order valence-electron chi connectivity index (χ3n) is 7.99. The Morgan fingerprint density at radius 3 is 2.60 bits per heavy atom. The molecule has 4 aromatic rings. The summed E-state index contributed by atoms with van der Waals surface area (Å²) < 4.78 is 0. The summed E-state index contributed by atoms with van der Waals surface area (Å²) in [5, 5.41) is 7.08. The van der Waals surface area contributed by atoms with Crippen molar-refractivity contribution >= 4 is 40.4 Å². The van der Waals surface area contributed by atoms with Crippen LogP contribution in [-0.4, -0.2) is 51.7 Å². The van der Waals surface area contributed by atoms with Gasteiger partial charge in [0.15, 0.2) is 0 Å². The highest BCUT2D eigenvalue weighted by atomic mass is 32.2. The lowest BCUT2D eigenvalue weighted by molar-refractivity contribution is -0.132. The van der Waals surface area contributed by atoms with E-state index in [0.717, 1.165) is 44.6 Å². The second-order valence-electron chi connectivity index (χ2n) is 10.5. The number of fused-ring (bicyclic) bond motifs is 7. The molecule has 40 heavy (non-hydrogen) atoms. The van der Waals surface area contributed by atoms with Gasteiger partial charge in [0, 0.05) is 35.1 Å². The average molecular weight is 553 g/mol. The van der Waals surface area contributed by atoms with Crippen LogP contribution >= 0.6 is 11.8 Å². The van der Waals surface area contributed by atoms with Crippen LogP contribution in [0.2, 0.25) is 0 Å². The summed E-state index contributed by atoms with van der Waals surface area (Å²) in [4.78, 5) is 46.2. The van der Waals surface area contributed by atoms with Crippen molar-refractivity contribution in [1.82, 2.24) is 20.5 Å². The molecule has 0 unspecified atom stereocenters. The van der Waals surface area contributed by atoms with Crippen LogP contribution in [0.25, 0.3) is 10.9 Å². The molecule has 2 aliphatic heterocycles. The fourth-order valence-corrected chi connectivity index (χ4v) is 6.40. The third kappa shape index (κ3) is 4.66. The number of aryl methyl sites for hydroxylation is 1. The van der Waals surface area contributed by atoms with E-state index >= 15 is 0 Å². The summed E-state index contributed by atoms with van der Waals surface area (Å²) in [6.07, 6.45) is 2.85. The lowest BCUT2D eigenvalue weighted by Crippen LogP contribution is -2.56. The van der Waals surface area contributed by atoms with E-state index in [-0.39, 0.29) is 23.8 Å². The predicted molar refractivity (Wildman–Crippen MR) is 158 cm³/mol. The highest BCUT2D eigenvalue weighted by Crippen LogP contribution is 2.46. The Morgan fingerprint density at radius 1 is 1.05 bits per heavy atom. The molecule has 6 rings (SSSR count). The van der Waals surface area contributed by atoms with E-state index in [4.69, 9.17) is 0 Å². The molecule has 1 aromatic heterocycles. The topological polar surface area (TPSA) is 94.3 Å². The highest BCUT2D eigenvalue weighted by Gasteiger charge is 2.49. The number of aromatic nitrogens is 1. The smallest absolute Gasteiger partial charge is 0.255 e. The van der Waals surface area contributed by atoms with Crippen LogP contribution in [0.4, 0.5) is 0 Å². The number of H-pyrrole nitrogens is 1. The van der Waals surface area contributed by atoms with Crippen LogP contribution in [-0.2, 0) is 22.6 Å². The first-order valence-electron chi connectivity index (χ1n) is 13.6. The van der Waals surface area contributed by atoms with Gasteiger partial charge in [0.25, 0.3) is 5.91 Å². The molecular weight excluding hydrogens is 520 g/mol. The summed E-state index contributed by atoms with van der Waals surface area (Å²) >= 11 is 1.63. The Bertz CT molecular complexity index is 1600. The molecule has 3 amide bonds. The summed E-state index contributed by atoms with van der Waals surface area (Å²) in [6.45, 7) is 2.41. The molecule has 0 saturated carbocycles. The molecule has 7 nitrogen and oxygen atoms in total. The van der Waals surface area contributed by atoms with Gasteiger partial charge in [0.2, 0.25) is 11.8 Å². The number of nitrogens with zero attached hydrogens (tertiary/aromatic N) is 1. The molecule has 0 radical (unpaired) electrons. The number of para-hydroxylation sites is 1. The van der Waals surface area contributed by atoms with Gasteiger partial charge in [0.05, 0.1) is 6.04 Å². The van der Waals surface area contributed by atoms with Gasteiger partial charge in [-0.3, -0.25) is 14.4 Å². The van der Waals surface area contributed by atoms with E-state index in [1.165, 1.54) is 0 Å². The van der Waals surface area contributed by atoms with Crippen molar-refractivity contribution in [1.29, 1.82) is 0 Å². The number of aromatic amines is 1. The first-order valence-corrected chi connectivity index (χ1v) is 15.0. The van der Waals surface area contributed by atoms with Gasteiger partial charge in [-0.05, 0) is 54.2 Å². The molecule has 2 aliphatic rings. The molecule has 0 saturated heterocycles. The molecule has 0 bridgehead atoms. The zero-order valence-electron chi connectivity index (χ0n) is 22.6. The van der Waals surface area contributed by atoms with E-state index in [0.29, 0.717) is 24.9 Å². The normalized spacial score (nSPS) is 18.1. The van der Waals surface area contributed by atoms with Gasteiger partial charge >= 0.3 is 0 Å². The van der Waals surface area contributed by atoms with E-state index in [1.807, 2.05) is 79.9 Å². The minimum Gasteiger partial charge on any atom is -0.356 e. The largest absolute Gasteiger partial charge is 0.356 e. The molecule has 0 spiro atoms. The lowest BCUT2D eigenvalue weighted by atomic mass is 9.89. The van der Waals surface area contributed by atoms with Gasteiger partial charge in [-0.1, -0.05) is 66.2 Å². The molecule has 3 N–H and O–H groups in total. The molecule has 3 aromatic carbocycles. The van der Waals surface area contributed by atoms with Crippen LogP contribution in [0.1, 0.15) is 50.8 Å². The minimum atomic E-state index is -0.738. The van der Waals surface area contributed by atoms with Crippen LogP contribution in [0.15, 0.2) is 72.8 Å². The van der Waals surface area contributed by atoms with Crippen molar-refractivity contribution in [2.45, 2.75) is 44.4 Å². The Hall–Kier alpha value is -4.04. The molecule has 8 heteroatoms. The number of hydrogen-bond donors (Lipinski definition) is 3. The highest BCUT2D eigenvalue weighted by molar-refractivity contribution is 7.98. The number of amides is 3. The van der Waals surface area contributed by atoms with Crippen molar-refractivity contribution in [3.05, 3.63) is 106 Å². The van der Waals surface area contributed by atoms with Gasteiger partial charge in [0.1, 0.15) is 12.1 Å². The van der Waals surface area contributed by atoms with Crippen molar-refractivity contribution < 1.29 is 14.4 Å². The Kier molecular flexibility index (Phi) is 7.11. The van der Waals surface area contributed by atoms with Crippen LogP contribution in [0.3, 0.4) is 0 Å². The van der Waals surface area contributed by atoms with Gasteiger partial charge < -0.3 is 20.5 Å². The zero-order valence-corrected chi connectivity index (χ0v) is 23.4. The standard InChI is InChI=1S/C32H32N4O3S/c1-19-11-13-20(14-12-19)18-33-30(37)26(15-16-40-2)35-31(38)27-17-24-21-7-5-6-10-25(21)34-28(24)29-22-8-3-4-9-23(22)32(39)36(27)29/h3-14,26-27,29,34H,15-18H2,1-2H3,(H,33,37)(H,35,38)/t26-,27-,29+/m0/s1. The number of thioether (sulfide) groups is 1. The fourth-order valence-electron chi connectivity index (χ4n) is 5.93. The van der Waals surface area contributed by atoms with Crippen molar-refractivity contribution in [3.63, 3.8) is 0 Å². The maximum Gasteiger partial charge on any atom is 0.255 e. The zero-order chi connectivity index (χ0) is 27.8. The second-order valence-corrected chi connectivity index (χ2v) is 11.5. The summed E-state index contributed by atoms with van der Waals surface area (Å²) in [5.74, 6) is 0.0315. The number of nitrogens with one attached hydrogen (secondary N) is 3. The first-order chi connectivity index (χ1) is 19.5. The number of carbonyl (C=O) groups is 3. The molecule has 0 fully saturated rings.